The van der Waals surface area contributed by atoms with Crippen LogP contribution in [0, 0.1) is 0 Å². The number of anilines is 1. The van der Waals surface area contributed by atoms with E-state index < -0.39 is 27.7 Å². The van der Waals surface area contributed by atoms with Crippen molar-refractivity contribution >= 4 is 32.7 Å². The zero-order valence-corrected chi connectivity index (χ0v) is 17.7. The number of aryl methyl sites for hydroxylation is 1. The summed E-state index contributed by atoms with van der Waals surface area (Å²) in [5.74, 6) is -0.485. The van der Waals surface area contributed by atoms with E-state index in [9.17, 15) is 26.4 Å². The third-order valence-corrected chi connectivity index (χ3v) is 7.11. The number of amides is 1. The molecule has 0 radical (unpaired) electrons. The fourth-order valence-electron chi connectivity index (χ4n) is 3.56. The fourth-order valence-corrected chi connectivity index (χ4v) is 5.10. The normalized spacial score (nSPS) is 15.3. The molecule has 0 atom stereocenters. The number of alkyl halides is 3. The smallest absolute Gasteiger partial charge is 0.326 e. The first-order chi connectivity index (χ1) is 15.1. The number of sulfonamides is 1. The van der Waals surface area contributed by atoms with Crippen LogP contribution in [0.5, 0.6) is 0 Å². The zero-order chi connectivity index (χ0) is 22.9. The quantitative estimate of drug-likeness (QED) is 0.600. The molecule has 1 aliphatic rings. The van der Waals surface area contributed by atoms with Crippen LogP contribution in [-0.2, 0) is 27.5 Å². The highest BCUT2D eigenvalue weighted by Crippen LogP contribution is 2.30. The first-order valence-corrected chi connectivity index (χ1v) is 11.4. The van der Waals surface area contributed by atoms with Crippen molar-refractivity contribution in [1.29, 1.82) is 0 Å². The van der Waals surface area contributed by atoms with E-state index in [2.05, 4.69) is 15.6 Å². The van der Waals surface area contributed by atoms with Gasteiger partial charge in [0.1, 0.15) is 5.52 Å². The number of hydrogen-bond acceptors (Lipinski definition) is 5. The van der Waals surface area contributed by atoms with Gasteiger partial charge in [-0.3, -0.25) is 4.79 Å². The molecule has 4 rings (SSSR count). The molecule has 0 bridgehead atoms. The SMILES string of the molecule is O=C(CCn1nnc2cc(S(=O)(=O)N3CCCC3)ccc21)Nc1cccc(C(F)(F)F)c1. The van der Waals surface area contributed by atoms with Crippen molar-refractivity contribution in [3.05, 3.63) is 48.0 Å². The van der Waals surface area contributed by atoms with E-state index in [1.807, 2.05) is 0 Å². The summed E-state index contributed by atoms with van der Waals surface area (Å²) in [7, 11) is -3.58. The molecule has 1 saturated heterocycles. The Morgan fingerprint density at radius 3 is 2.56 bits per heavy atom. The van der Waals surface area contributed by atoms with Gasteiger partial charge in [-0.1, -0.05) is 11.3 Å². The van der Waals surface area contributed by atoms with E-state index in [1.165, 1.54) is 33.3 Å². The van der Waals surface area contributed by atoms with Crippen LogP contribution in [0.1, 0.15) is 24.8 Å². The summed E-state index contributed by atoms with van der Waals surface area (Å²) in [5, 5.41) is 10.4. The lowest BCUT2D eigenvalue weighted by molar-refractivity contribution is -0.137. The minimum Gasteiger partial charge on any atom is -0.326 e. The molecule has 0 unspecified atom stereocenters. The summed E-state index contributed by atoms with van der Waals surface area (Å²) in [5.41, 5.74) is 0.128. The lowest BCUT2D eigenvalue weighted by Crippen LogP contribution is -2.27. The molecule has 0 aliphatic carbocycles. The van der Waals surface area contributed by atoms with Crippen LogP contribution in [-0.4, -0.2) is 46.7 Å². The zero-order valence-electron chi connectivity index (χ0n) is 16.8. The predicted octanol–water partition coefficient (Wildman–Crippen LogP) is 3.26. The number of aromatic nitrogens is 3. The molecule has 170 valence electrons. The van der Waals surface area contributed by atoms with Crippen molar-refractivity contribution in [2.45, 2.75) is 36.9 Å². The molecule has 3 aromatic rings. The van der Waals surface area contributed by atoms with Gasteiger partial charge in [0, 0.05) is 25.2 Å². The highest BCUT2D eigenvalue weighted by molar-refractivity contribution is 7.89. The maximum atomic E-state index is 12.8. The number of nitrogens with zero attached hydrogens (tertiary/aromatic N) is 4. The van der Waals surface area contributed by atoms with Crippen LogP contribution >= 0.6 is 0 Å². The lowest BCUT2D eigenvalue weighted by atomic mass is 10.2. The predicted molar refractivity (Wildman–Crippen MR) is 110 cm³/mol. The summed E-state index contributed by atoms with van der Waals surface area (Å²) in [4.78, 5) is 12.3. The monoisotopic (exact) mass is 467 g/mol. The van der Waals surface area contributed by atoms with Crippen molar-refractivity contribution in [3.63, 3.8) is 0 Å². The second kappa shape index (κ2) is 8.51. The van der Waals surface area contributed by atoms with Crippen LogP contribution in [0.25, 0.3) is 11.0 Å². The van der Waals surface area contributed by atoms with Crippen LogP contribution < -0.4 is 5.32 Å². The Morgan fingerprint density at radius 1 is 1.09 bits per heavy atom. The number of halogens is 3. The van der Waals surface area contributed by atoms with Gasteiger partial charge in [0.25, 0.3) is 0 Å². The van der Waals surface area contributed by atoms with Gasteiger partial charge in [0.15, 0.2) is 0 Å². The summed E-state index contributed by atoms with van der Waals surface area (Å²) in [6, 6.07) is 8.91. The Bertz CT molecular complexity index is 1250. The summed E-state index contributed by atoms with van der Waals surface area (Å²) in [6.07, 6.45) is -2.88. The second-order valence-electron chi connectivity index (χ2n) is 7.45. The molecular weight excluding hydrogens is 447 g/mol. The second-order valence-corrected chi connectivity index (χ2v) is 9.39. The van der Waals surface area contributed by atoms with E-state index in [0.717, 1.165) is 25.0 Å². The molecule has 1 N–H and O–H groups in total. The fraction of sp³-hybridized carbons (Fsp3) is 0.350. The molecule has 0 saturated carbocycles. The summed E-state index contributed by atoms with van der Waals surface area (Å²) < 4.78 is 66.7. The Hall–Kier alpha value is -2.99. The Labute approximate surface area is 182 Å². The first kappa shape index (κ1) is 22.2. The molecule has 12 heteroatoms. The van der Waals surface area contributed by atoms with Gasteiger partial charge >= 0.3 is 6.18 Å². The van der Waals surface area contributed by atoms with Gasteiger partial charge in [-0.2, -0.15) is 17.5 Å². The average Bonchev–Trinajstić information content (AvgIpc) is 3.42. The number of carbonyl (C=O) groups is 1. The maximum absolute atomic E-state index is 12.8. The van der Waals surface area contributed by atoms with E-state index in [-0.39, 0.29) is 23.5 Å². The molecule has 32 heavy (non-hydrogen) atoms. The molecule has 1 fully saturated rings. The topological polar surface area (TPSA) is 97.2 Å². The third kappa shape index (κ3) is 4.60. The highest BCUT2D eigenvalue weighted by atomic mass is 32.2. The molecule has 1 aromatic heterocycles. The molecule has 1 aliphatic heterocycles. The minimum absolute atomic E-state index is 0.0463. The molecule has 2 aromatic carbocycles. The van der Waals surface area contributed by atoms with Gasteiger partial charge in [-0.25, -0.2) is 13.1 Å². The molecular formula is C20H20F3N5O3S. The van der Waals surface area contributed by atoms with E-state index in [1.54, 1.807) is 6.07 Å². The van der Waals surface area contributed by atoms with Crippen LogP contribution in [0.15, 0.2) is 47.4 Å². The first-order valence-electron chi connectivity index (χ1n) is 9.95. The number of hydrogen-bond donors (Lipinski definition) is 1. The molecule has 1 amide bonds. The average molecular weight is 467 g/mol. The van der Waals surface area contributed by atoms with Crippen molar-refractivity contribution in [1.82, 2.24) is 19.3 Å². The highest BCUT2D eigenvalue weighted by Gasteiger charge is 2.30. The van der Waals surface area contributed by atoms with Crippen molar-refractivity contribution < 1.29 is 26.4 Å². The van der Waals surface area contributed by atoms with Gasteiger partial charge < -0.3 is 5.32 Å². The van der Waals surface area contributed by atoms with Crippen molar-refractivity contribution in [2.24, 2.45) is 0 Å². The Balaban J connectivity index is 1.43. The van der Waals surface area contributed by atoms with E-state index in [0.29, 0.717) is 24.1 Å². The number of rotatable bonds is 6. The maximum Gasteiger partial charge on any atom is 0.416 e. The van der Waals surface area contributed by atoms with Crippen molar-refractivity contribution in [2.75, 3.05) is 18.4 Å². The van der Waals surface area contributed by atoms with Crippen LogP contribution in [0.3, 0.4) is 0 Å². The standard InChI is InChI=1S/C20H20F3N5O3S/c21-20(22,23)14-4-3-5-15(12-14)24-19(29)8-11-28-18-7-6-16(13-17(18)25-26-28)32(30,31)27-9-1-2-10-27/h3-7,12-13H,1-2,8-11H2,(H,24,29). The largest absolute Gasteiger partial charge is 0.416 e. The van der Waals surface area contributed by atoms with Gasteiger partial charge in [-0.15, -0.1) is 5.10 Å². The summed E-state index contributed by atoms with van der Waals surface area (Å²) in [6.45, 7) is 1.11. The van der Waals surface area contributed by atoms with Crippen LogP contribution in [0.4, 0.5) is 18.9 Å². The van der Waals surface area contributed by atoms with Gasteiger partial charge in [0.2, 0.25) is 15.9 Å². The Morgan fingerprint density at radius 2 is 1.84 bits per heavy atom. The van der Waals surface area contributed by atoms with E-state index >= 15 is 0 Å². The molecule has 8 nitrogen and oxygen atoms in total. The minimum atomic E-state index is -4.50. The number of benzene rings is 2. The molecule has 0 spiro atoms. The Kier molecular flexibility index (Phi) is 5.91. The number of fused-ring (bicyclic) bond motifs is 1. The van der Waals surface area contributed by atoms with Gasteiger partial charge in [0.05, 0.1) is 22.5 Å². The van der Waals surface area contributed by atoms with E-state index in [4.69, 9.17) is 0 Å². The number of carbonyl (C=O) groups excluding carboxylic acids is 1. The van der Waals surface area contributed by atoms with Crippen LogP contribution in [0.2, 0.25) is 0 Å². The number of nitrogens with one attached hydrogen (secondary N) is 1. The summed E-state index contributed by atoms with van der Waals surface area (Å²) >= 11 is 0. The molecule has 2 heterocycles. The third-order valence-electron chi connectivity index (χ3n) is 5.21. The lowest BCUT2D eigenvalue weighted by Gasteiger charge is -2.15. The van der Waals surface area contributed by atoms with Gasteiger partial charge in [-0.05, 0) is 49.2 Å². The van der Waals surface area contributed by atoms with Crippen molar-refractivity contribution in [3.8, 4) is 0 Å².